The summed E-state index contributed by atoms with van der Waals surface area (Å²) in [4.78, 5) is 0. The molecule has 0 aliphatic heterocycles. The molecule has 0 atom stereocenters. The lowest BCUT2D eigenvalue weighted by Gasteiger charge is -2.46. The van der Waals surface area contributed by atoms with Gasteiger partial charge in [0.05, 0.1) is 0 Å². The topological polar surface area (TPSA) is 26.0 Å². The van der Waals surface area contributed by atoms with Crippen molar-refractivity contribution >= 4 is 0 Å². The molecule has 0 heterocycles. The molecule has 2 N–H and O–H groups in total. The molecule has 0 radical (unpaired) electrons. The van der Waals surface area contributed by atoms with Gasteiger partial charge in [0.2, 0.25) is 0 Å². The summed E-state index contributed by atoms with van der Waals surface area (Å²) >= 11 is 0. The first-order chi connectivity index (χ1) is 7.08. The van der Waals surface area contributed by atoms with Gasteiger partial charge in [0, 0.05) is 0 Å². The Hall–Kier alpha value is -0.0400. The largest absolute Gasteiger partial charge is 0.330 e. The summed E-state index contributed by atoms with van der Waals surface area (Å²) in [5, 5.41) is 0. The zero-order valence-corrected chi connectivity index (χ0v) is 10.5. The van der Waals surface area contributed by atoms with Gasteiger partial charge < -0.3 is 5.73 Å². The molecule has 0 unspecified atom stereocenters. The first-order valence-corrected chi connectivity index (χ1v) is 6.78. The van der Waals surface area contributed by atoms with Crippen LogP contribution < -0.4 is 5.73 Å². The van der Waals surface area contributed by atoms with Crippen molar-refractivity contribution in [1.29, 1.82) is 0 Å². The highest BCUT2D eigenvalue weighted by Gasteiger charge is 2.43. The van der Waals surface area contributed by atoms with Gasteiger partial charge in [-0.3, -0.25) is 0 Å². The van der Waals surface area contributed by atoms with Crippen LogP contribution in [0.15, 0.2) is 0 Å². The number of hydrogen-bond donors (Lipinski definition) is 1. The summed E-state index contributed by atoms with van der Waals surface area (Å²) in [5.74, 6) is 0.957. The fourth-order valence-corrected chi connectivity index (χ4v) is 3.74. The maximum absolute atomic E-state index is 6.11. The van der Waals surface area contributed by atoms with Crippen molar-refractivity contribution in [2.24, 2.45) is 22.5 Å². The Kier molecular flexibility index (Phi) is 3.12. The van der Waals surface area contributed by atoms with E-state index in [1.54, 1.807) is 0 Å². The maximum Gasteiger partial charge on any atom is -0.00179 e. The Morgan fingerprint density at radius 2 is 1.53 bits per heavy atom. The zero-order valence-electron chi connectivity index (χ0n) is 10.5. The molecule has 0 bridgehead atoms. The highest BCUT2D eigenvalue weighted by atomic mass is 14.6. The molecule has 2 rings (SSSR count). The van der Waals surface area contributed by atoms with Crippen LogP contribution in [0.4, 0.5) is 0 Å². The average Bonchev–Trinajstić information content (AvgIpc) is 2.72. The highest BCUT2D eigenvalue weighted by Crippen LogP contribution is 2.52. The molecule has 2 aliphatic carbocycles. The van der Waals surface area contributed by atoms with Gasteiger partial charge in [-0.15, -0.1) is 0 Å². The number of nitrogens with two attached hydrogens (primary N) is 1. The van der Waals surface area contributed by atoms with Gasteiger partial charge >= 0.3 is 0 Å². The molecule has 1 nitrogen and oxygen atoms in total. The molecule has 15 heavy (non-hydrogen) atoms. The molecule has 2 fully saturated rings. The highest BCUT2D eigenvalue weighted by molar-refractivity contribution is 4.95. The SMILES string of the molecule is CC1(C)CCC(CN)(C2CCCC2)CC1. The maximum atomic E-state index is 6.11. The fraction of sp³-hybridized carbons (Fsp3) is 1.00. The predicted molar refractivity (Wildman–Crippen MR) is 65.7 cm³/mol. The van der Waals surface area contributed by atoms with E-state index in [-0.39, 0.29) is 0 Å². The second kappa shape index (κ2) is 4.08. The lowest BCUT2D eigenvalue weighted by atomic mass is 9.59. The zero-order chi connectivity index (χ0) is 10.9. The van der Waals surface area contributed by atoms with Crippen molar-refractivity contribution in [3.8, 4) is 0 Å². The molecular weight excluding hydrogens is 182 g/mol. The minimum absolute atomic E-state index is 0.534. The third-order valence-electron chi connectivity index (χ3n) is 5.23. The summed E-state index contributed by atoms with van der Waals surface area (Å²) < 4.78 is 0. The average molecular weight is 209 g/mol. The Morgan fingerprint density at radius 1 is 1.00 bits per heavy atom. The standard InChI is InChI=1S/C14H27N/c1-13(2)7-9-14(11-15,10-8-13)12-5-3-4-6-12/h12H,3-11,15H2,1-2H3. The van der Waals surface area contributed by atoms with Crippen molar-refractivity contribution in [1.82, 2.24) is 0 Å². The lowest BCUT2D eigenvalue weighted by Crippen LogP contribution is -2.42. The second-order valence-corrected chi connectivity index (χ2v) is 6.71. The van der Waals surface area contributed by atoms with E-state index in [4.69, 9.17) is 5.73 Å². The van der Waals surface area contributed by atoms with Crippen LogP contribution in [0.3, 0.4) is 0 Å². The van der Waals surface area contributed by atoms with Crippen LogP contribution in [-0.4, -0.2) is 6.54 Å². The molecule has 88 valence electrons. The van der Waals surface area contributed by atoms with Gasteiger partial charge in [0.1, 0.15) is 0 Å². The molecule has 1 heteroatoms. The van der Waals surface area contributed by atoms with E-state index in [0.717, 1.165) is 12.5 Å². The number of hydrogen-bond acceptors (Lipinski definition) is 1. The second-order valence-electron chi connectivity index (χ2n) is 6.71. The van der Waals surface area contributed by atoms with E-state index >= 15 is 0 Å². The van der Waals surface area contributed by atoms with Crippen LogP contribution in [0.2, 0.25) is 0 Å². The van der Waals surface area contributed by atoms with Crippen molar-refractivity contribution in [3.63, 3.8) is 0 Å². The molecule has 0 aromatic heterocycles. The fourth-order valence-electron chi connectivity index (χ4n) is 3.74. The predicted octanol–water partition coefficient (Wildman–Crippen LogP) is 3.72. The monoisotopic (exact) mass is 209 g/mol. The Balaban J connectivity index is 2.03. The van der Waals surface area contributed by atoms with Gasteiger partial charge in [-0.05, 0) is 61.8 Å². The third-order valence-corrected chi connectivity index (χ3v) is 5.23. The first kappa shape index (κ1) is 11.4. The van der Waals surface area contributed by atoms with Crippen molar-refractivity contribution in [3.05, 3.63) is 0 Å². The van der Waals surface area contributed by atoms with Crippen LogP contribution >= 0.6 is 0 Å². The van der Waals surface area contributed by atoms with E-state index in [0.29, 0.717) is 10.8 Å². The van der Waals surface area contributed by atoms with Crippen LogP contribution in [-0.2, 0) is 0 Å². The summed E-state index contributed by atoms with van der Waals surface area (Å²) in [6.07, 6.45) is 11.4. The molecule has 0 amide bonds. The van der Waals surface area contributed by atoms with Gasteiger partial charge in [0.15, 0.2) is 0 Å². The van der Waals surface area contributed by atoms with Gasteiger partial charge in [-0.1, -0.05) is 26.7 Å². The van der Waals surface area contributed by atoms with Gasteiger partial charge in [-0.25, -0.2) is 0 Å². The summed E-state index contributed by atoms with van der Waals surface area (Å²) in [5.41, 5.74) is 7.22. The summed E-state index contributed by atoms with van der Waals surface area (Å²) in [7, 11) is 0. The van der Waals surface area contributed by atoms with Crippen LogP contribution in [0.1, 0.15) is 65.2 Å². The summed E-state index contributed by atoms with van der Waals surface area (Å²) in [6, 6.07) is 0. The molecule has 2 saturated carbocycles. The van der Waals surface area contributed by atoms with E-state index in [1.165, 1.54) is 51.4 Å². The van der Waals surface area contributed by atoms with Crippen LogP contribution in [0, 0.1) is 16.7 Å². The Bertz CT molecular complexity index is 203. The lowest BCUT2D eigenvalue weighted by molar-refractivity contribution is 0.0530. The summed E-state index contributed by atoms with van der Waals surface area (Å²) in [6.45, 7) is 5.78. The van der Waals surface area contributed by atoms with E-state index in [1.807, 2.05) is 0 Å². The third kappa shape index (κ3) is 2.22. The Morgan fingerprint density at radius 3 is 2.00 bits per heavy atom. The number of rotatable bonds is 2. The van der Waals surface area contributed by atoms with Gasteiger partial charge in [-0.2, -0.15) is 0 Å². The van der Waals surface area contributed by atoms with E-state index in [9.17, 15) is 0 Å². The van der Waals surface area contributed by atoms with Crippen molar-refractivity contribution in [2.75, 3.05) is 6.54 Å². The van der Waals surface area contributed by atoms with Crippen molar-refractivity contribution in [2.45, 2.75) is 65.2 Å². The van der Waals surface area contributed by atoms with Crippen LogP contribution in [0.25, 0.3) is 0 Å². The molecular formula is C14H27N. The van der Waals surface area contributed by atoms with Crippen molar-refractivity contribution < 1.29 is 0 Å². The minimum Gasteiger partial charge on any atom is -0.330 e. The molecule has 0 aromatic carbocycles. The first-order valence-electron chi connectivity index (χ1n) is 6.78. The van der Waals surface area contributed by atoms with E-state index in [2.05, 4.69) is 13.8 Å². The quantitative estimate of drug-likeness (QED) is 0.737. The van der Waals surface area contributed by atoms with Crippen LogP contribution in [0.5, 0.6) is 0 Å². The van der Waals surface area contributed by atoms with E-state index < -0.39 is 0 Å². The molecule has 0 aromatic rings. The smallest absolute Gasteiger partial charge is 0.00179 e. The van der Waals surface area contributed by atoms with Gasteiger partial charge in [0.25, 0.3) is 0 Å². The molecule has 0 spiro atoms. The minimum atomic E-state index is 0.534. The molecule has 2 aliphatic rings. The Labute approximate surface area is 94.8 Å². The molecule has 0 saturated heterocycles. The normalized spacial score (nSPS) is 30.6.